The predicted octanol–water partition coefficient (Wildman–Crippen LogP) is 4.25. The highest BCUT2D eigenvalue weighted by atomic mass is 31.2. The summed E-state index contributed by atoms with van der Waals surface area (Å²) < 4.78 is 25.7. The number of rotatable bonds is 13. The molecular formula is C27H34N3O6P. The van der Waals surface area contributed by atoms with E-state index in [9.17, 15) is 9.67 Å². The van der Waals surface area contributed by atoms with Crippen LogP contribution in [0.5, 0.6) is 0 Å². The first-order valence-corrected chi connectivity index (χ1v) is 13.3. The van der Waals surface area contributed by atoms with Crippen molar-refractivity contribution in [3.05, 3.63) is 107 Å². The molecular weight excluding hydrogens is 493 g/mol. The number of aromatic nitrogens is 1. The number of nitrogens with zero attached hydrogens (tertiary/aromatic N) is 1. The number of phosphoric ester groups is 1. The topological polar surface area (TPSA) is 140 Å². The third-order valence-corrected chi connectivity index (χ3v) is 6.52. The van der Waals surface area contributed by atoms with Crippen LogP contribution in [-0.4, -0.2) is 35.5 Å². The molecule has 9 nitrogen and oxygen atoms in total. The van der Waals surface area contributed by atoms with Crippen molar-refractivity contribution in [2.75, 3.05) is 20.4 Å². The Kier molecular flexibility index (Phi) is 10.00. The lowest BCUT2D eigenvalue weighted by molar-refractivity contribution is 0.0785. The summed E-state index contributed by atoms with van der Waals surface area (Å²) in [6, 6.07) is 18.2. The maximum absolute atomic E-state index is 11.2. The van der Waals surface area contributed by atoms with E-state index in [0.717, 1.165) is 41.5 Å². The van der Waals surface area contributed by atoms with Crippen molar-refractivity contribution in [2.45, 2.75) is 32.3 Å². The van der Waals surface area contributed by atoms with E-state index in [0.29, 0.717) is 12.2 Å². The van der Waals surface area contributed by atoms with E-state index in [1.165, 1.54) is 5.56 Å². The molecule has 1 unspecified atom stereocenters. The molecule has 0 amide bonds. The van der Waals surface area contributed by atoms with E-state index in [-0.39, 0.29) is 13.3 Å². The van der Waals surface area contributed by atoms with Gasteiger partial charge < -0.3 is 25.6 Å². The molecule has 37 heavy (non-hydrogen) atoms. The summed E-state index contributed by atoms with van der Waals surface area (Å²) in [5.41, 5.74) is 10.9. The van der Waals surface area contributed by atoms with Gasteiger partial charge in [-0.05, 0) is 54.8 Å². The Morgan fingerprint density at radius 3 is 2.49 bits per heavy atom. The van der Waals surface area contributed by atoms with Crippen LogP contribution in [0.4, 0.5) is 0 Å². The Morgan fingerprint density at radius 1 is 1.14 bits per heavy atom. The zero-order valence-electron chi connectivity index (χ0n) is 21.3. The molecule has 0 spiro atoms. The van der Waals surface area contributed by atoms with Crippen LogP contribution in [0.15, 0.2) is 77.5 Å². The van der Waals surface area contributed by atoms with Crippen LogP contribution in [0.3, 0.4) is 0 Å². The zero-order chi connectivity index (χ0) is 26.9. The molecule has 1 heterocycles. The van der Waals surface area contributed by atoms with Gasteiger partial charge in [0.1, 0.15) is 6.73 Å². The standard InChI is InChI=1S/C27H34N3O6P/c1-27(2,31)24-8-4-6-22(15-24)14-20-9-11-21(12-10-20)16-25-17-26(36-30-25)23(18-28)7-5-13-29-19-35-37(32,33)34-3/h4-13,15,17,29,31H,14,16,18-19,28H2,1-3H3,(H,32,33)/b13-5-,23-7+. The smallest absolute Gasteiger partial charge is 0.386 e. The number of hydrogen-bond acceptors (Lipinski definition) is 8. The van der Waals surface area contributed by atoms with Gasteiger partial charge in [0.2, 0.25) is 0 Å². The number of nitrogens with two attached hydrogens (primary N) is 1. The fourth-order valence-electron chi connectivity index (χ4n) is 3.53. The summed E-state index contributed by atoms with van der Waals surface area (Å²) in [5.74, 6) is 0.570. The van der Waals surface area contributed by atoms with E-state index >= 15 is 0 Å². The average molecular weight is 528 g/mol. The fourth-order valence-corrected chi connectivity index (χ4v) is 3.87. The van der Waals surface area contributed by atoms with Gasteiger partial charge in [-0.15, -0.1) is 0 Å². The van der Waals surface area contributed by atoms with E-state index in [4.69, 9.17) is 15.2 Å². The lowest BCUT2D eigenvalue weighted by Crippen LogP contribution is -2.15. The first-order valence-electron chi connectivity index (χ1n) is 11.8. The summed E-state index contributed by atoms with van der Waals surface area (Å²) in [4.78, 5) is 9.16. The van der Waals surface area contributed by atoms with Gasteiger partial charge in [0.05, 0.1) is 11.3 Å². The van der Waals surface area contributed by atoms with Crippen molar-refractivity contribution < 1.29 is 28.1 Å². The van der Waals surface area contributed by atoms with Crippen molar-refractivity contribution in [3.63, 3.8) is 0 Å². The van der Waals surface area contributed by atoms with Gasteiger partial charge in [0, 0.05) is 31.7 Å². The largest absolute Gasteiger partial charge is 0.473 e. The molecule has 0 aliphatic rings. The van der Waals surface area contributed by atoms with E-state index in [1.807, 2.05) is 24.3 Å². The highest BCUT2D eigenvalue weighted by Gasteiger charge is 2.17. The Balaban J connectivity index is 1.56. The van der Waals surface area contributed by atoms with Crippen molar-refractivity contribution >= 4 is 13.4 Å². The summed E-state index contributed by atoms with van der Waals surface area (Å²) in [7, 11) is -2.92. The lowest BCUT2D eigenvalue weighted by Gasteiger charge is -2.18. The van der Waals surface area contributed by atoms with Crippen molar-refractivity contribution in [2.24, 2.45) is 5.73 Å². The Bertz CT molecular complexity index is 1260. The highest BCUT2D eigenvalue weighted by molar-refractivity contribution is 7.47. The summed E-state index contributed by atoms with van der Waals surface area (Å²) in [6.45, 7) is 3.63. The molecule has 3 rings (SSSR count). The highest BCUT2D eigenvalue weighted by Crippen LogP contribution is 2.41. The van der Waals surface area contributed by atoms with Crippen LogP contribution in [-0.2, 0) is 32.1 Å². The second-order valence-corrected chi connectivity index (χ2v) is 10.6. The monoisotopic (exact) mass is 527 g/mol. The maximum atomic E-state index is 11.2. The third kappa shape index (κ3) is 9.09. The minimum atomic E-state index is -4.01. The van der Waals surface area contributed by atoms with Crippen molar-refractivity contribution in [1.82, 2.24) is 10.5 Å². The second kappa shape index (κ2) is 13.0. The second-order valence-electron chi connectivity index (χ2n) is 9.00. The summed E-state index contributed by atoms with van der Waals surface area (Å²) in [5, 5.41) is 17.1. The number of benzene rings is 2. The van der Waals surface area contributed by atoms with E-state index in [2.05, 4.69) is 49.9 Å². The number of allylic oxidation sites excluding steroid dienone is 2. The van der Waals surface area contributed by atoms with Gasteiger partial charge in [-0.1, -0.05) is 59.8 Å². The molecule has 0 bridgehead atoms. The molecule has 0 fully saturated rings. The molecule has 0 saturated carbocycles. The van der Waals surface area contributed by atoms with Gasteiger partial charge in [-0.25, -0.2) is 4.57 Å². The summed E-state index contributed by atoms with van der Waals surface area (Å²) in [6.07, 6.45) is 6.38. The molecule has 10 heteroatoms. The number of phosphoric acid groups is 1. The van der Waals surface area contributed by atoms with Gasteiger partial charge in [0.25, 0.3) is 0 Å². The average Bonchev–Trinajstić information content (AvgIpc) is 3.32. The SMILES string of the molecule is COP(=O)(O)OCN/C=C\C=C(/CN)c1cc(Cc2ccc(Cc3cccc(C(C)(C)O)c3)cc2)no1. The quantitative estimate of drug-likeness (QED) is 0.111. The van der Waals surface area contributed by atoms with Gasteiger partial charge in [0.15, 0.2) is 5.76 Å². The van der Waals surface area contributed by atoms with Crippen LogP contribution < -0.4 is 11.1 Å². The van der Waals surface area contributed by atoms with Crippen LogP contribution in [0.25, 0.3) is 5.57 Å². The van der Waals surface area contributed by atoms with Crippen LogP contribution in [0.1, 0.15) is 47.6 Å². The maximum Gasteiger partial charge on any atom is 0.473 e. The molecule has 198 valence electrons. The number of aliphatic hydroxyl groups is 1. The zero-order valence-corrected chi connectivity index (χ0v) is 22.2. The van der Waals surface area contributed by atoms with Gasteiger partial charge >= 0.3 is 7.82 Å². The van der Waals surface area contributed by atoms with Crippen molar-refractivity contribution in [3.8, 4) is 0 Å². The van der Waals surface area contributed by atoms with Crippen LogP contribution in [0.2, 0.25) is 0 Å². The predicted molar refractivity (Wildman–Crippen MR) is 142 cm³/mol. The molecule has 2 aromatic carbocycles. The molecule has 1 atom stereocenters. The van der Waals surface area contributed by atoms with Gasteiger partial charge in [-0.3, -0.25) is 9.05 Å². The molecule has 0 aliphatic carbocycles. The normalized spacial score (nSPS) is 14.2. The van der Waals surface area contributed by atoms with Crippen LogP contribution in [0, 0.1) is 0 Å². The molecule has 0 radical (unpaired) electrons. The van der Waals surface area contributed by atoms with Gasteiger partial charge in [-0.2, -0.15) is 0 Å². The number of nitrogens with one attached hydrogen (secondary N) is 1. The Morgan fingerprint density at radius 2 is 1.84 bits per heavy atom. The Labute approximate surface area is 217 Å². The lowest BCUT2D eigenvalue weighted by atomic mass is 9.94. The number of hydrogen-bond donors (Lipinski definition) is 4. The first kappa shape index (κ1) is 28.5. The molecule has 0 aliphatic heterocycles. The van der Waals surface area contributed by atoms with Crippen molar-refractivity contribution in [1.29, 1.82) is 0 Å². The summed E-state index contributed by atoms with van der Waals surface area (Å²) >= 11 is 0. The fraction of sp³-hybridized carbons (Fsp3) is 0.296. The van der Waals surface area contributed by atoms with E-state index in [1.54, 1.807) is 32.2 Å². The molecule has 5 N–H and O–H groups in total. The third-order valence-electron chi connectivity index (χ3n) is 5.60. The van der Waals surface area contributed by atoms with E-state index < -0.39 is 13.4 Å². The minimum absolute atomic E-state index is 0.192. The first-order chi connectivity index (χ1) is 17.6. The molecule has 1 aromatic heterocycles. The molecule has 3 aromatic rings. The van der Waals surface area contributed by atoms with Crippen LogP contribution >= 0.6 is 7.82 Å². The Hall–Kier alpha value is -3.04. The minimum Gasteiger partial charge on any atom is -0.386 e. The molecule has 0 saturated heterocycles.